The predicted octanol–water partition coefficient (Wildman–Crippen LogP) is 2.49. The van der Waals surface area contributed by atoms with Gasteiger partial charge in [0.25, 0.3) is 0 Å². The maximum Gasteiger partial charge on any atom is 0.00939 e. The highest BCUT2D eigenvalue weighted by molar-refractivity contribution is 4.83. The molecule has 1 aliphatic heterocycles. The SMILES string of the molecule is CC(C)C(C)NC1CCN(CC2CC2)CC1. The Bertz CT molecular complexity index is 203. The highest BCUT2D eigenvalue weighted by Crippen LogP contribution is 2.30. The van der Waals surface area contributed by atoms with Crippen LogP contribution in [0.3, 0.4) is 0 Å². The minimum absolute atomic E-state index is 0.667. The quantitative estimate of drug-likeness (QED) is 0.772. The summed E-state index contributed by atoms with van der Waals surface area (Å²) in [5.41, 5.74) is 0. The maximum atomic E-state index is 3.78. The van der Waals surface area contributed by atoms with Crippen molar-refractivity contribution in [3.8, 4) is 0 Å². The molecule has 1 aliphatic carbocycles. The van der Waals surface area contributed by atoms with Gasteiger partial charge in [-0.1, -0.05) is 13.8 Å². The van der Waals surface area contributed by atoms with E-state index in [-0.39, 0.29) is 0 Å². The lowest BCUT2D eigenvalue weighted by molar-refractivity contribution is 0.180. The first-order chi connectivity index (χ1) is 7.65. The van der Waals surface area contributed by atoms with Gasteiger partial charge in [0.05, 0.1) is 0 Å². The van der Waals surface area contributed by atoms with Gasteiger partial charge in [0.1, 0.15) is 0 Å². The third kappa shape index (κ3) is 3.74. The Morgan fingerprint density at radius 3 is 2.19 bits per heavy atom. The standard InChI is InChI=1S/C14H28N2/c1-11(2)12(3)15-14-6-8-16(9-7-14)10-13-4-5-13/h11-15H,4-10H2,1-3H3. The van der Waals surface area contributed by atoms with Crippen molar-refractivity contribution in [3.63, 3.8) is 0 Å². The molecule has 94 valence electrons. The number of likely N-dealkylation sites (tertiary alicyclic amines) is 1. The molecule has 1 N–H and O–H groups in total. The van der Waals surface area contributed by atoms with Gasteiger partial charge >= 0.3 is 0 Å². The van der Waals surface area contributed by atoms with Crippen LogP contribution in [0.2, 0.25) is 0 Å². The van der Waals surface area contributed by atoms with Crippen molar-refractivity contribution in [1.29, 1.82) is 0 Å². The van der Waals surface area contributed by atoms with Crippen molar-refractivity contribution in [2.75, 3.05) is 19.6 Å². The van der Waals surface area contributed by atoms with Crippen LogP contribution < -0.4 is 5.32 Å². The molecule has 2 heteroatoms. The highest BCUT2D eigenvalue weighted by Gasteiger charge is 2.27. The molecule has 0 aromatic carbocycles. The highest BCUT2D eigenvalue weighted by atomic mass is 15.1. The van der Waals surface area contributed by atoms with Gasteiger partial charge in [-0.05, 0) is 57.5 Å². The lowest BCUT2D eigenvalue weighted by Crippen LogP contribution is -2.47. The van der Waals surface area contributed by atoms with Crippen LogP contribution in [-0.4, -0.2) is 36.6 Å². The second-order valence-corrected chi connectivity index (χ2v) is 6.22. The molecule has 0 amide bonds. The summed E-state index contributed by atoms with van der Waals surface area (Å²) in [5.74, 6) is 1.81. The predicted molar refractivity (Wildman–Crippen MR) is 69.6 cm³/mol. The Balaban J connectivity index is 1.64. The molecule has 0 aromatic rings. The van der Waals surface area contributed by atoms with Crippen LogP contribution in [0, 0.1) is 11.8 Å². The molecule has 2 rings (SSSR count). The number of nitrogens with zero attached hydrogens (tertiary/aromatic N) is 1. The Morgan fingerprint density at radius 1 is 1.06 bits per heavy atom. The molecule has 1 saturated carbocycles. The van der Waals surface area contributed by atoms with Crippen LogP contribution in [0.4, 0.5) is 0 Å². The first-order valence-corrected chi connectivity index (χ1v) is 7.13. The van der Waals surface area contributed by atoms with Gasteiger partial charge in [-0.25, -0.2) is 0 Å². The van der Waals surface area contributed by atoms with Gasteiger partial charge in [0.15, 0.2) is 0 Å². The van der Waals surface area contributed by atoms with E-state index in [2.05, 4.69) is 31.0 Å². The molecular weight excluding hydrogens is 196 g/mol. The Kier molecular flexibility index (Phi) is 4.26. The fourth-order valence-electron chi connectivity index (χ4n) is 2.51. The van der Waals surface area contributed by atoms with Crippen LogP contribution >= 0.6 is 0 Å². The smallest absolute Gasteiger partial charge is 0.00939 e. The molecule has 1 heterocycles. The molecule has 0 bridgehead atoms. The number of hydrogen-bond acceptors (Lipinski definition) is 2. The number of nitrogens with one attached hydrogen (secondary N) is 1. The van der Waals surface area contributed by atoms with E-state index in [1.54, 1.807) is 0 Å². The average Bonchev–Trinajstić information content (AvgIpc) is 3.04. The summed E-state index contributed by atoms with van der Waals surface area (Å²) >= 11 is 0. The summed E-state index contributed by atoms with van der Waals surface area (Å²) in [6.45, 7) is 10.9. The molecule has 0 aromatic heterocycles. The van der Waals surface area contributed by atoms with E-state index in [1.807, 2.05) is 0 Å². The van der Waals surface area contributed by atoms with Gasteiger partial charge < -0.3 is 10.2 Å². The van der Waals surface area contributed by atoms with E-state index in [9.17, 15) is 0 Å². The number of hydrogen-bond donors (Lipinski definition) is 1. The molecule has 2 aliphatic rings. The lowest BCUT2D eigenvalue weighted by atomic mass is 10.00. The fraction of sp³-hybridized carbons (Fsp3) is 1.00. The second kappa shape index (κ2) is 5.50. The van der Waals surface area contributed by atoms with Crippen molar-refractivity contribution in [3.05, 3.63) is 0 Å². The molecule has 2 fully saturated rings. The van der Waals surface area contributed by atoms with E-state index in [4.69, 9.17) is 0 Å². The third-order valence-electron chi connectivity index (χ3n) is 4.30. The summed E-state index contributed by atoms with van der Waals surface area (Å²) < 4.78 is 0. The Labute approximate surface area is 101 Å². The summed E-state index contributed by atoms with van der Waals surface area (Å²) in [4.78, 5) is 2.68. The van der Waals surface area contributed by atoms with Crippen LogP contribution in [0.1, 0.15) is 46.5 Å². The zero-order valence-electron chi connectivity index (χ0n) is 11.2. The number of rotatable bonds is 5. The molecular formula is C14H28N2. The van der Waals surface area contributed by atoms with Crippen molar-refractivity contribution in [2.45, 2.75) is 58.5 Å². The molecule has 1 unspecified atom stereocenters. The van der Waals surface area contributed by atoms with E-state index in [0.717, 1.165) is 17.9 Å². The van der Waals surface area contributed by atoms with Gasteiger partial charge in [-0.3, -0.25) is 0 Å². The molecule has 2 nitrogen and oxygen atoms in total. The van der Waals surface area contributed by atoms with Crippen molar-refractivity contribution in [2.24, 2.45) is 11.8 Å². The average molecular weight is 224 g/mol. The lowest BCUT2D eigenvalue weighted by Gasteiger charge is -2.34. The summed E-state index contributed by atoms with van der Waals surface area (Å²) in [7, 11) is 0. The molecule has 16 heavy (non-hydrogen) atoms. The zero-order chi connectivity index (χ0) is 11.5. The van der Waals surface area contributed by atoms with Crippen LogP contribution in [-0.2, 0) is 0 Å². The topological polar surface area (TPSA) is 15.3 Å². The molecule has 1 atom stereocenters. The van der Waals surface area contributed by atoms with Crippen LogP contribution in [0.5, 0.6) is 0 Å². The number of piperidine rings is 1. The first kappa shape index (κ1) is 12.4. The van der Waals surface area contributed by atoms with E-state index in [1.165, 1.54) is 45.3 Å². The molecule has 1 saturated heterocycles. The molecule has 0 radical (unpaired) electrons. The summed E-state index contributed by atoms with van der Waals surface area (Å²) in [6.07, 6.45) is 5.68. The maximum absolute atomic E-state index is 3.78. The van der Waals surface area contributed by atoms with Crippen molar-refractivity contribution in [1.82, 2.24) is 10.2 Å². The summed E-state index contributed by atoms with van der Waals surface area (Å²) in [6, 6.07) is 1.44. The molecule has 0 spiro atoms. The Hall–Kier alpha value is -0.0800. The van der Waals surface area contributed by atoms with Gasteiger partial charge in [0, 0.05) is 18.6 Å². The van der Waals surface area contributed by atoms with E-state index < -0.39 is 0 Å². The minimum Gasteiger partial charge on any atom is -0.311 e. The van der Waals surface area contributed by atoms with Gasteiger partial charge in [0.2, 0.25) is 0 Å². The van der Waals surface area contributed by atoms with Gasteiger partial charge in [-0.15, -0.1) is 0 Å². The largest absolute Gasteiger partial charge is 0.311 e. The van der Waals surface area contributed by atoms with Crippen LogP contribution in [0.25, 0.3) is 0 Å². The third-order valence-corrected chi connectivity index (χ3v) is 4.30. The monoisotopic (exact) mass is 224 g/mol. The first-order valence-electron chi connectivity index (χ1n) is 7.13. The van der Waals surface area contributed by atoms with E-state index >= 15 is 0 Å². The van der Waals surface area contributed by atoms with Crippen molar-refractivity contribution < 1.29 is 0 Å². The zero-order valence-corrected chi connectivity index (χ0v) is 11.2. The Morgan fingerprint density at radius 2 is 1.69 bits per heavy atom. The second-order valence-electron chi connectivity index (χ2n) is 6.22. The normalized spacial score (nSPS) is 26.2. The fourth-order valence-corrected chi connectivity index (χ4v) is 2.51. The minimum atomic E-state index is 0.667. The van der Waals surface area contributed by atoms with Gasteiger partial charge in [-0.2, -0.15) is 0 Å². The van der Waals surface area contributed by atoms with E-state index in [0.29, 0.717) is 6.04 Å². The van der Waals surface area contributed by atoms with Crippen LogP contribution in [0.15, 0.2) is 0 Å². The summed E-state index contributed by atoms with van der Waals surface area (Å²) in [5, 5.41) is 3.78. The van der Waals surface area contributed by atoms with Crippen molar-refractivity contribution >= 4 is 0 Å².